The van der Waals surface area contributed by atoms with Crippen LogP contribution in [0.1, 0.15) is 34.1 Å². The number of piperidine rings is 1. The van der Waals surface area contributed by atoms with E-state index in [0.29, 0.717) is 37.5 Å². The molecule has 4 aliphatic rings. The van der Waals surface area contributed by atoms with Gasteiger partial charge < -0.3 is 19.6 Å². The summed E-state index contributed by atoms with van der Waals surface area (Å²) in [5.41, 5.74) is 1.72. The van der Waals surface area contributed by atoms with Gasteiger partial charge in [0.2, 0.25) is 11.8 Å². The molecule has 0 spiro atoms. The largest absolute Gasteiger partial charge is 0.353 e. The molecule has 2 aromatic rings. The number of carbonyl (C=O) groups is 3. The number of amides is 3. The maximum atomic E-state index is 13.6. The summed E-state index contributed by atoms with van der Waals surface area (Å²) in [7, 11) is 0. The Morgan fingerprint density at radius 1 is 0.914 bits per heavy atom. The van der Waals surface area contributed by atoms with Crippen molar-refractivity contribution >= 4 is 35.3 Å². The van der Waals surface area contributed by atoms with Crippen molar-refractivity contribution < 1.29 is 14.4 Å². The molecular formula is C26H29N5O3S. The predicted molar refractivity (Wildman–Crippen MR) is 134 cm³/mol. The van der Waals surface area contributed by atoms with Crippen LogP contribution in [0, 0.1) is 5.92 Å². The number of benzene rings is 1. The Balaban J connectivity index is 1.08. The third-order valence-electron chi connectivity index (χ3n) is 7.62. The van der Waals surface area contributed by atoms with Gasteiger partial charge >= 0.3 is 0 Å². The van der Waals surface area contributed by atoms with E-state index in [1.165, 1.54) is 0 Å². The van der Waals surface area contributed by atoms with Crippen molar-refractivity contribution in [3.05, 3.63) is 59.8 Å². The predicted octanol–water partition coefficient (Wildman–Crippen LogP) is 2.24. The second-order valence-electron chi connectivity index (χ2n) is 9.62. The number of likely N-dealkylation sites (tertiary alicyclic amines) is 1. The molecule has 1 aromatic carbocycles. The van der Waals surface area contributed by atoms with E-state index in [-0.39, 0.29) is 29.0 Å². The molecular weight excluding hydrogens is 462 g/mol. The highest BCUT2D eigenvalue weighted by Crippen LogP contribution is 2.48. The van der Waals surface area contributed by atoms with Gasteiger partial charge in [-0.15, -0.1) is 11.8 Å². The molecule has 4 aliphatic heterocycles. The number of anilines is 1. The van der Waals surface area contributed by atoms with Crippen LogP contribution in [-0.4, -0.2) is 88.5 Å². The summed E-state index contributed by atoms with van der Waals surface area (Å²) in [6.07, 6.45) is 3.41. The van der Waals surface area contributed by atoms with Gasteiger partial charge in [0.25, 0.3) is 5.91 Å². The fourth-order valence-electron chi connectivity index (χ4n) is 5.78. The van der Waals surface area contributed by atoms with E-state index in [0.717, 1.165) is 37.3 Å². The maximum absolute atomic E-state index is 13.6. The average Bonchev–Trinajstić information content (AvgIpc) is 3.48. The van der Waals surface area contributed by atoms with Crippen LogP contribution in [0.25, 0.3) is 0 Å². The van der Waals surface area contributed by atoms with Gasteiger partial charge in [-0.3, -0.25) is 14.4 Å². The standard InChI is InChI=1S/C26H29N5O3S/c32-23(29-14-12-28(13-15-29)22-9-3-4-10-27-22)18-6-5-11-30(16-18)25(34)21-17-35-26-20-8-2-1-7-19(20)24(33)31(21)26/h1-4,7-10,18,21,26H,5-6,11-17H2/t18-,21-,26-/m0/s1. The van der Waals surface area contributed by atoms with Crippen LogP contribution < -0.4 is 4.90 Å². The van der Waals surface area contributed by atoms with Gasteiger partial charge in [0.1, 0.15) is 17.2 Å². The zero-order valence-electron chi connectivity index (χ0n) is 19.6. The van der Waals surface area contributed by atoms with Crippen LogP contribution in [0.4, 0.5) is 5.82 Å². The second kappa shape index (κ2) is 9.18. The molecule has 3 atom stereocenters. The first-order valence-electron chi connectivity index (χ1n) is 12.4. The van der Waals surface area contributed by atoms with Gasteiger partial charge in [-0.2, -0.15) is 0 Å². The minimum Gasteiger partial charge on any atom is -0.353 e. The summed E-state index contributed by atoms with van der Waals surface area (Å²) < 4.78 is 0. The molecule has 5 heterocycles. The van der Waals surface area contributed by atoms with Crippen LogP contribution in [0.5, 0.6) is 0 Å². The molecule has 0 saturated carbocycles. The lowest BCUT2D eigenvalue weighted by molar-refractivity contribution is -0.142. The molecule has 0 aliphatic carbocycles. The first kappa shape index (κ1) is 22.4. The number of carbonyl (C=O) groups excluding carboxylic acids is 3. The van der Waals surface area contributed by atoms with Gasteiger partial charge in [0, 0.05) is 56.8 Å². The molecule has 8 nitrogen and oxygen atoms in total. The molecule has 0 radical (unpaired) electrons. The molecule has 35 heavy (non-hydrogen) atoms. The number of rotatable bonds is 3. The normalized spacial score (nSPS) is 26.1. The Morgan fingerprint density at radius 2 is 1.71 bits per heavy atom. The molecule has 3 amide bonds. The molecule has 0 unspecified atom stereocenters. The van der Waals surface area contributed by atoms with Gasteiger partial charge in [0.15, 0.2) is 0 Å². The number of hydrogen-bond acceptors (Lipinski definition) is 6. The minimum absolute atomic E-state index is 0.0152. The summed E-state index contributed by atoms with van der Waals surface area (Å²) in [5.74, 6) is 1.45. The van der Waals surface area contributed by atoms with Crippen molar-refractivity contribution in [3.63, 3.8) is 0 Å². The number of nitrogens with zero attached hydrogens (tertiary/aromatic N) is 5. The fourth-order valence-corrected chi connectivity index (χ4v) is 7.23. The zero-order valence-corrected chi connectivity index (χ0v) is 20.4. The molecule has 1 aromatic heterocycles. The Bertz CT molecular complexity index is 1140. The van der Waals surface area contributed by atoms with Crippen molar-refractivity contribution in [2.45, 2.75) is 24.3 Å². The Hall–Kier alpha value is -3.07. The third kappa shape index (κ3) is 3.95. The van der Waals surface area contributed by atoms with Crippen LogP contribution in [0.15, 0.2) is 48.7 Å². The first-order chi connectivity index (χ1) is 17.1. The van der Waals surface area contributed by atoms with E-state index in [1.807, 2.05) is 52.3 Å². The van der Waals surface area contributed by atoms with Gasteiger partial charge in [-0.25, -0.2) is 4.98 Å². The van der Waals surface area contributed by atoms with Crippen LogP contribution in [-0.2, 0) is 9.59 Å². The summed E-state index contributed by atoms with van der Waals surface area (Å²) in [6, 6.07) is 13.1. The number of piperazine rings is 1. The van der Waals surface area contributed by atoms with Crippen LogP contribution in [0.3, 0.4) is 0 Å². The van der Waals surface area contributed by atoms with Gasteiger partial charge in [-0.05, 0) is 36.6 Å². The quantitative estimate of drug-likeness (QED) is 0.656. The van der Waals surface area contributed by atoms with E-state index < -0.39 is 6.04 Å². The number of thioether (sulfide) groups is 1. The smallest absolute Gasteiger partial charge is 0.256 e. The zero-order chi connectivity index (χ0) is 23.9. The minimum atomic E-state index is -0.458. The summed E-state index contributed by atoms with van der Waals surface area (Å²) in [4.78, 5) is 52.1. The molecule has 0 N–H and O–H groups in total. The molecule has 3 fully saturated rings. The number of fused-ring (bicyclic) bond motifs is 3. The van der Waals surface area contributed by atoms with Crippen molar-refractivity contribution in [2.75, 3.05) is 49.9 Å². The van der Waals surface area contributed by atoms with Gasteiger partial charge in [0.05, 0.1) is 5.92 Å². The fraction of sp³-hybridized carbons (Fsp3) is 0.462. The van der Waals surface area contributed by atoms with E-state index >= 15 is 0 Å². The van der Waals surface area contributed by atoms with E-state index in [2.05, 4.69) is 9.88 Å². The van der Waals surface area contributed by atoms with E-state index in [9.17, 15) is 14.4 Å². The Kier molecular flexibility index (Phi) is 5.88. The summed E-state index contributed by atoms with van der Waals surface area (Å²) >= 11 is 1.66. The number of pyridine rings is 1. The monoisotopic (exact) mass is 491 g/mol. The van der Waals surface area contributed by atoms with Crippen molar-refractivity contribution in [2.24, 2.45) is 5.92 Å². The maximum Gasteiger partial charge on any atom is 0.256 e. The first-order valence-corrected chi connectivity index (χ1v) is 13.4. The van der Waals surface area contributed by atoms with Gasteiger partial charge in [-0.1, -0.05) is 24.3 Å². The van der Waals surface area contributed by atoms with Crippen molar-refractivity contribution in [3.8, 4) is 0 Å². The molecule has 9 heteroatoms. The number of aromatic nitrogens is 1. The topological polar surface area (TPSA) is 77.1 Å². The molecule has 3 saturated heterocycles. The van der Waals surface area contributed by atoms with E-state index in [1.54, 1.807) is 22.9 Å². The highest BCUT2D eigenvalue weighted by atomic mass is 32.2. The number of hydrogen-bond donors (Lipinski definition) is 0. The van der Waals surface area contributed by atoms with Crippen molar-refractivity contribution in [1.29, 1.82) is 0 Å². The second-order valence-corrected chi connectivity index (χ2v) is 10.7. The Labute approximate surface area is 209 Å². The average molecular weight is 492 g/mol. The van der Waals surface area contributed by atoms with Crippen LogP contribution >= 0.6 is 11.8 Å². The van der Waals surface area contributed by atoms with E-state index in [4.69, 9.17) is 0 Å². The lowest BCUT2D eigenvalue weighted by atomic mass is 9.95. The SMILES string of the molecule is O=C([C@H]1CCCN(C(=O)[C@@H]2CS[C@H]3c4ccccc4C(=O)N23)C1)N1CCN(c2ccccn2)CC1. The summed E-state index contributed by atoms with van der Waals surface area (Å²) in [6.45, 7) is 3.95. The molecule has 0 bridgehead atoms. The van der Waals surface area contributed by atoms with Crippen molar-refractivity contribution in [1.82, 2.24) is 19.7 Å². The summed E-state index contributed by atoms with van der Waals surface area (Å²) in [5, 5.41) is -0.0785. The Morgan fingerprint density at radius 3 is 2.51 bits per heavy atom. The highest BCUT2D eigenvalue weighted by Gasteiger charge is 2.49. The lowest BCUT2D eigenvalue weighted by Gasteiger charge is -2.40. The molecule has 6 rings (SSSR count). The van der Waals surface area contributed by atoms with Crippen LogP contribution in [0.2, 0.25) is 0 Å². The molecule has 182 valence electrons. The third-order valence-corrected chi connectivity index (χ3v) is 8.93. The highest BCUT2D eigenvalue weighted by molar-refractivity contribution is 7.99. The lowest BCUT2D eigenvalue weighted by Crippen LogP contribution is -2.55.